The van der Waals surface area contributed by atoms with Crippen molar-refractivity contribution in [1.29, 1.82) is 0 Å². The molecule has 1 N–H and O–H groups in total. The van der Waals surface area contributed by atoms with Crippen LogP contribution in [-0.2, 0) is 0 Å². The fourth-order valence-corrected chi connectivity index (χ4v) is 2.25. The lowest BCUT2D eigenvalue weighted by Gasteiger charge is -2.11. The lowest BCUT2D eigenvalue weighted by Crippen LogP contribution is -2.15. The van der Waals surface area contributed by atoms with E-state index in [4.69, 9.17) is 0 Å². The number of para-hydroxylation sites is 1. The minimum atomic E-state index is -3.13. The van der Waals surface area contributed by atoms with Gasteiger partial charge in [-0.3, -0.25) is 4.79 Å². The summed E-state index contributed by atoms with van der Waals surface area (Å²) in [6.45, 7) is -3.13. The second-order valence-corrected chi connectivity index (χ2v) is 4.95. The second kappa shape index (κ2) is 7.08. The normalized spacial score (nSPS) is 10.7. The lowest BCUT2D eigenvalue weighted by molar-refractivity contribution is -0.0521. The number of benzene rings is 2. The minimum Gasteiger partial charge on any atom is -0.432 e. The smallest absolute Gasteiger partial charge is 0.387 e. The molecule has 0 aliphatic heterocycles. The SMILES string of the molecule is O=C(Nc1ccc(OC(F)F)c(F)c1)c1ccccc1-n1cccn1. The average molecular weight is 347 g/mol. The largest absolute Gasteiger partial charge is 0.432 e. The molecule has 0 unspecified atom stereocenters. The van der Waals surface area contributed by atoms with Gasteiger partial charge in [0.15, 0.2) is 11.6 Å². The number of amides is 1. The van der Waals surface area contributed by atoms with Crippen LogP contribution in [-0.4, -0.2) is 22.3 Å². The number of nitrogens with one attached hydrogen (secondary N) is 1. The molecule has 0 saturated heterocycles. The van der Waals surface area contributed by atoms with Gasteiger partial charge < -0.3 is 10.1 Å². The van der Waals surface area contributed by atoms with Crippen molar-refractivity contribution in [2.45, 2.75) is 6.61 Å². The third kappa shape index (κ3) is 3.79. The first-order valence-corrected chi connectivity index (χ1v) is 7.19. The van der Waals surface area contributed by atoms with Crippen molar-refractivity contribution in [2.75, 3.05) is 5.32 Å². The number of carbonyl (C=O) groups is 1. The van der Waals surface area contributed by atoms with Gasteiger partial charge in [-0.25, -0.2) is 9.07 Å². The number of alkyl halides is 2. The van der Waals surface area contributed by atoms with Crippen molar-refractivity contribution < 1.29 is 22.7 Å². The molecule has 1 amide bonds. The van der Waals surface area contributed by atoms with Gasteiger partial charge in [-0.15, -0.1) is 0 Å². The number of rotatable bonds is 5. The maximum Gasteiger partial charge on any atom is 0.387 e. The molecule has 2 aromatic carbocycles. The number of ether oxygens (including phenoxy) is 1. The summed E-state index contributed by atoms with van der Waals surface area (Å²) in [5.41, 5.74) is 0.974. The molecular formula is C17H12F3N3O2. The number of halogens is 3. The molecule has 0 bridgehead atoms. The van der Waals surface area contributed by atoms with Crippen LogP contribution in [0.1, 0.15) is 10.4 Å². The van der Waals surface area contributed by atoms with Crippen LogP contribution in [0.2, 0.25) is 0 Å². The van der Waals surface area contributed by atoms with Crippen LogP contribution in [0.15, 0.2) is 60.9 Å². The Bertz CT molecular complexity index is 883. The van der Waals surface area contributed by atoms with Crippen molar-refractivity contribution >= 4 is 11.6 Å². The molecule has 3 aromatic rings. The van der Waals surface area contributed by atoms with Crippen molar-refractivity contribution in [3.8, 4) is 11.4 Å². The Kier molecular flexibility index (Phi) is 4.69. The van der Waals surface area contributed by atoms with E-state index in [0.29, 0.717) is 11.3 Å². The van der Waals surface area contributed by atoms with Gasteiger partial charge in [0.05, 0.1) is 11.3 Å². The van der Waals surface area contributed by atoms with Gasteiger partial charge in [0, 0.05) is 24.1 Å². The summed E-state index contributed by atoms with van der Waals surface area (Å²) in [5, 5.41) is 6.60. The van der Waals surface area contributed by atoms with Gasteiger partial charge >= 0.3 is 6.61 Å². The molecule has 8 heteroatoms. The van der Waals surface area contributed by atoms with Crippen LogP contribution in [0.5, 0.6) is 5.75 Å². The van der Waals surface area contributed by atoms with Crippen LogP contribution >= 0.6 is 0 Å². The number of hydrogen-bond donors (Lipinski definition) is 1. The zero-order valence-electron chi connectivity index (χ0n) is 12.7. The third-order valence-electron chi connectivity index (χ3n) is 3.31. The van der Waals surface area contributed by atoms with Crippen molar-refractivity contribution in [1.82, 2.24) is 9.78 Å². The van der Waals surface area contributed by atoms with E-state index >= 15 is 0 Å². The highest BCUT2D eigenvalue weighted by molar-refractivity contribution is 6.06. The van der Waals surface area contributed by atoms with E-state index in [1.165, 1.54) is 10.7 Å². The molecule has 0 atom stereocenters. The molecule has 0 aliphatic rings. The standard InChI is InChI=1S/C17H12F3N3O2/c18-13-10-11(6-7-15(13)25-17(19)20)22-16(24)12-4-1-2-5-14(12)23-9-3-8-21-23/h1-10,17H,(H,22,24). The summed E-state index contributed by atoms with van der Waals surface area (Å²) >= 11 is 0. The first kappa shape index (κ1) is 16.6. The number of hydrogen-bond acceptors (Lipinski definition) is 3. The maximum atomic E-state index is 13.7. The van der Waals surface area contributed by atoms with Gasteiger partial charge in [0.1, 0.15) is 0 Å². The van der Waals surface area contributed by atoms with Crippen molar-refractivity contribution in [2.24, 2.45) is 0 Å². The second-order valence-electron chi connectivity index (χ2n) is 4.95. The van der Waals surface area contributed by atoms with E-state index in [9.17, 15) is 18.0 Å². The number of carbonyl (C=O) groups excluding carboxylic acids is 1. The fraction of sp³-hybridized carbons (Fsp3) is 0.0588. The Morgan fingerprint density at radius 2 is 1.96 bits per heavy atom. The Balaban J connectivity index is 1.83. The zero-order valence-corrected chi connectivity index (χ0v) is 12.7. The topological polar surface area (TPSA) is 56.1 Å². The Morgan fingerprint density at radius 3 is 2.64 bits per heavy atom. The van der Waals surface area contributed by atoms with E-state index in [0.717, 1.165) is 12.1 Å². The molecule has 128 valence electrons. The monoisotopic (exact) mass is 347 g/mol. The summed E-state index contributed by atoms with van der Waals surface area (Å²) in [7, 11) is 0. The van der Waals surface area contributed by atoms with Crippen LogP contribution in [0.25, 0.3) is 5.69 Å². The lowest BCUT2D eigenvalue weighted by atomic mass is 10.1. The number of nitrogens with zero attached hydrogens (tertiary/aromatic N) is 2. The van der Waals surface area contributed by atoms with E-state index in [1.807, 2.05) is 0 Å². The predicted octanol–water partition coefficient (Wildman–Crippen LogP) is 3.87. The number of aromatic nitrogens is 2. The molecule has 0 saturated carbocycles. The molecule has 0 spiro atoms. The van der Waals surface area contributed by atoms with Crippen molar-refractivity contribution in [3.63, 3.8) is 0 Å². The molecule has 0 radical (unpaired) electrons. The van der Waals surface area contributed by atoms with Gasteiger partial charge in [-0.1, -0.05) is 12.1 Å². The maximum absolute atomic E-state index is 13.7. The first-order chi connectivity index (χ1) is 12.0. The Labute approximate surface area is 140 Å². The van der Waals surface area contributed by atoms with Crippen molar-refractivity contribution in [3.05, 3.63) is 72.3 Å². The van der Waals surface area contributed by atoms with E-state index in [2.05, 4.69) is 15.2 Å². The Hall–Kier alpha value is -3.29. The third-order valence-corrected chi connectivity index (χ3v) is 3.31. The summed E-state index contributed by atoms with van der Waals surface area (Å²) < 4.78 is 43.6. The summed E-state index contributed by atoms with van der Waals surface area (Å²) in [4.78, 5) is 12.5. The van der Waals surface area contributed by atoms with E-state index in [-0.39, 0.29) is 5.69 Å². The fourth-order valence-electron chi connectivity index (χ4n) is 2.25. The average Bonchev–Trinajstić information content (AvgIpc) is 3.11. The van der Waals surface area contributed by atoms with E-state index < -0.39 is 24.1 Å². The molecule has 1 heterocycles. The van der Waals surface area contributed by atoms with Crippen LogP contribution in [0, 0.1) is 5.82 Å². The summed E-state index contributed by atoms with van der Waals surface area (Å²) in [6, 6.07) is 11.7. The highest BCUT2D eigenvalue weighted by atomic mass is 19.3. The summed E-state index contributed by atoms with van der Waals surface area (Å²) in [6.07, 6.45) is 3.26. The van der Waals surface area contributed by atoms with Crippen LogP contribution < -0.4 is 10.1 Å². The van der Waals surface area contributed by atoms with Gasteiger partial charge in [0.25, 0.3) is 5.91 Å². The van der Waals surface area contributed by atoms with Gasteiger partial charge in [-0.2, -0.15) is 13.9 Å². The highest BCUT2D eigenvalue weighted by Gasteiger charge is 2.15. The molecule has 0 fully saturated rings. The van der Waals surface area contributed by atoms with Crippen LogP contribution in [0.3, 0.4) is 0 Å². The predicted molar refractivity (Wildman–Crippen MR) is 84.5 cm³/mol. The molecule has 25 heavy (non-hydrogen) atoms. The van der Waals surface area contributed by atoms with Gasteiger partial charge in [0.2, 0.25) is 0 Å². The highest BCUT2D eigenvalue weighted by Crippen LogP contribution is 2.24. The summed E-state index contributed by atoms with van der Waals surface area (Å²) in [5.74, 6) is -2.09. The molecule has 1 aromatic heterocycles. The van der Waals surface area contributed by atoms with Crippen LogP contribution in [0.4, 0.5) is 18.9 Å². The minimum absolute atomic E-state index is 0.111. The van der Waals surface area contributed by atoms with Gasteiger partial charge in [-0.05, 0) is 30.3 Å². The zero-order chi connectivity index (χ0) is 17.8. The molecule has 3 rings (SSSR count). The first-order valence-electron chi connectivity index (χ1n) is 7.19. The number of anilines is 1. The molecule has 5 nitrogen and oxygen atoms in total. The quantitative estimate of drug-likeness (QED) is 0.762. The molecule has 0 aliphatic carbocycles. The Morgan fingerprint density at radius 1 is 1.16 bits per heavy atom. The molecular weight excluding hydrogens is 335 g/mol. The van der Waals surface area contributed by atoms with E-state index in [1.54, 1.807) is 42.7 Å².